The third-order valence-electron chi connectivity index (χ3n) is 2.85. The summed E-state index contributed by atoms with van der Waals surface area (Å²) in [7, 11) is 1.68. The van der Waals surface area contributed by atoms with Crippen LogP contribution in [0.1, 0.15) is 39.5 Å². The Morgan fingerprint density at radius 2 is 2.19 bits per heavy atom. The molecule has 1 aliphatic rings. The fourth-order valence-electron chi connectivity index (χ4n) is 1.77. The fourth-order valence-corrected chi connectivity index (χ4v) is 1.77. The van der Waals surface area contributed by atoms with E-state index in [1.165, 1.54) is 12.8 Å². The van der Waals surface area contributed by atoms with Crippen LogP contribution in [-0.2, 0) is 14.3 Å². The Kier molecular flexibility index (Phi) is 5.22. The van der Waals surface area contributed by atoms with Crippen LogP contribution in [-0.4, -0.2) is 37.9 Å². The Morgan fingerprint density at radius 3 is 2.69 bits per heavy atom. The largest absolute Gasteiger partial charge is 0.465 e. The molecule has 0 bridgehead atoms. The van der Waals surface area contributed by atoms with E-state index in [0.717, 1.165) is 12.8 Å². The first-order valence-electron chi connectivity index (χ1n) is 6.06. The number of rotatable bonds is 8. The fraction of sp³-hybridized carbons (Fsp3) is 0.917. The molecule has 0 spiro atoms. The van der Waals surface area contributed by atoms with E-state index in [1.807, 2.05) is 13.8 Å². The molecular weight excluding hydrogens is 206 g/mol. The molecule has 0 amide bonds. The van der Waals surface area contributed by atoms with Crippen LogP contribution in [0.4, 0.5) is 0 Å². The lowest BCUT2D eigenvalue weighted by atomic mass is 9.95. The van der Waals surface area contributed by atoms with Crippen LogP contribution >= 0.6 is 0 Å². The molecule has 0 aliphatic heterocycles. The molecule has 0 aromatic carbocycles. The number of hydrogen-bond donors (Lipinski definition) is 1. The van der Waals surface area contributed by atoms with Gasteiger partial charge in [0.15, 0.2) is 0 Å². The second-order valence-corrected chi connectivity index (χ2v) is 4.57. The van der Waals surface area contributed by atoms with E-state index in [1.54, 1.807) is 7.11 Å². The zero-order valence-corrected chi connectivity index (χ0v) is 10.5. The van der Waals surface area contributed by atoms with E-state index >= 15 is 0 Å². The summed E-state index contributed by atoms with van der Waals surface area (Å²) in [6.45, 7) is 4.88. The van der Waals surface area contributed by atoms with Gasteiger partial charge >= 0.3 is 5.97 Å². The first-order chi connectivity index (χ1) is 7.62. The average molecular weight is 229 g/mol. The van der Waals surface area contributed by atoms with Crippen molar-refractivity contribution < 1.29 is 14.3 Å². The Morgan fingerprint density at radius 1 is 1.50 bits per heavy atom. The highest BCUT2D eigenvalue weighted by atomic mass is 16.5. The third-order valence-corrected chi connectivity index (χ3v) is 2.85. The smallest absolute Gasteiger partial charge is 0.326 e. The summed E-state index contributed by atoms with van der Waals surface area (Å²) in [5, 5.41) is 3.38. The van der Waals surface area contributed by atoms with Gasteiger partial charge in [-0.05, 0) is 39.5 Å². The normalized spacial score (nSPS) is 19.2. The Bertz CT molecular complexity index is 228. The minimum atomic E-state index is -0.546. The average Bonchev–Trinajstić information content (AvgIpc) is 3.02. The number of nitrogens with one attached hydrogen (secondary N) is 1. The van der Waals surface area contributed by atoms with Crippen LogP contribution in [0, 0.1) is 0 Å². The molecule has 0 heterocycles. The summed E-state index contributed by atoms with van der Waals surface area (Å²) in [5.74, 6) is -0.141. The van der Waals surface area contributed by atoms with Crippen LogP contribution in [0.3, 0.4) is 0 Å². The molecule has 94 valence electrons. The summed E-state index contributed by atoms with van der Waals surface area (Å²) in [6.07, 6.45) is 3.96. The maximum Gasteiger partial charge on any atom is 0.326 e. The monoisotopic (exact) mass is 229 g/mol. The quantitative estimate of drug-likeness (QED) is 0.506. The van der Waals surface area contributed by atoms with Crippen molar-refractivity contribution in [3.8, 4) is 0 Å². The van der Waals surface area contributed by atoms with E-state index in [4.69, 9.17) is 9.47 Å². The molecule has 1 N–H and O–H groups in total. The zero-order valence-electron chi connectivity index (χ0n) is 10.5. The molecule has 0 radical (unpaired) electrons. The summed E-state index contributed by atoms with van der Waals surface area (Å²) in [5.41, 5.74) is -0.546. The van der Waals surface area contributed by atoms with Crippen LogP contribution in [0.25, 0.3) is 0 Å². The molecule has 4 heteroatoms. The van der Waals surface area contributed by atoms with Crippen LogP contribution in [0.15, 0.2) is 0 Å². The van der Waals surface area contributed by atoms with Gasteiger partial charge in [-0.1, -0.05) is 0 Å². The maximum absolute atomic E-state index is 11.9. The Hall–Kier alpha value is -0.610. The molecule has 1 unspecified atom stereocenters. The Balaban J connectivity index is 2.47. The second-order valence-electron chi connectivity index (χ2n) is 4.57. The van der Waals surface area contributed by atoms with Gasteiger partial charge in [0.05, 0.1) is 6.61 Å². The number of carbonyl (C=O) groups is 1. The van der Waals surface area contributed by atoms with Gasteiger partial charge in [0, 0.05) is 19.8 Å². The molecule has 1 rings (SSSR count). The number of ether oxygens (including phenoxy) is 2. The minimum Gasteiger partial charge on any atom is -0.465 e. The van der Waals surface area contributed by atoms with Gasteiger partial charge in [-0.3, -0.25) is 10.1 Å². The van der Waals surface area contributed by atoms with Crippen LogP contribution in [0.5, 0.6) is 0 Å². The molecule has 1 aliphatic carbocycles. The van der Waals surface area contributed by atoms with Gasteiger partial charge in [0.2, 0.25) is 0 Å². The van der Waals surface area contributed by atoms with Crippen molar-refractivity contribution in [2.45, 2.75) is 51.1 Å². The molecule has 1 fully saturated rings. The SMILES string of the molecule is CCOC(=O)C(C)(CCCOC)NC1CC1. The summed E-state index contributed by atoms with van der Waals surface area (Å²) >= 11 is 0. The molecule has 0 aromatic rings. The van der Waals surface area contributed by atoms with Gasteiger partial charge < -0.3 is 9.47 Å². The molecule has 1 atom stereocenters. The van der Waals surface area contributed by atoms with Crippen molar-refractivity contribution >= 4 is 5.97 Å². The lowest BCUT2D eigenvalue weighted by Crippen LogP contribution is -2.51. The summed E-state index contributed by atoms with van der Waals surface area (Å²) < 4.78 is 10.1. The summed E-state index contributed by atoms with van der Waals surface area (Å²) in [4.78, 5) is 11.9. The van der Waals surface area contributed by atoms with Gasteiger partial charge in [0.25, 0.3) is 0 Å². The van der Waals surface area contributed by atoms with Crippen molar-refractivity contribution in [3.63, 3.8) is 0 Å². The van der Waals surface area contributed by atoms with E-state index in [9.17, 15) is 4.79 Å². The maximum atomic E-state index is 11.9. The van der Waals surface area contributed by atoms with E-state index < -0.39 is 5.54 Å². The van der Waals surface area contributed by atoms with Crippen molar-refractivity contribution in [2.24, 2.45) is 0 Å². The van der Waals surface area contributed by atoms with Crippen molar-refractivity contribution in [2.75, 3.05) is 20.3 Å². The highest BCUT2D eigenvalue weighted by molar-refractivity contribution is 5.80. The highest BCUT2D eigenvalue weighted by Gasteiger charge is 2.39. The van der Waals surface area contributed by atoms with E-state index in [0.29, 0.717) is 19.3 Å². The van der Waals surface area contributed by atoms with Crippen molar-refractivity contribution in [3.05, 3.63) is 0 Å². The van der Waals surface area contributed by atoms with Crippen molar-refractivity contribution in [1.82, 2.24) is 5.32 Å². The predicted molar refractivity (Wildman–Crippen MR) is 62.3 cm³/mol. The topological polar surface area (TPSA) is 47.6 Å². The number of carbonyl (C=O) groups excluding carboxylic acids is 1. The molecule has 4 nitrogen and oxygen atoms in total. The molecule has 1 saturated carbocycles. The summed E-state index contributed by atoms with van der Waals surface area (Å²) in [6, 6.07) is 0.497. The second kappa shape index (κ2) is 6.21. The predicted octanol–water partition coefficient (Wildman–Crippen LogP) is 1.49. The highest BCUT2D eigenvalue weighted by Crippen LogP contribution is 2.25. The first-order valence-corrected chi connectivity index (χ1v) is 6.06. The standard InChI is InChI=1S/C12H23NO3/c1-4-16-11(14)12(2,8-5-9-15-3)13-10-6-7-10/h10,13H,4-9H2,1-3H3. The van der Waals surface area contributed by atoms with E-state index in [2.05, 4.69) is 5.32 Å². The third kappa shape index (κ3) is 4.10. The lowest BCUT2D eigenvalue weighted by molar-refractivity contribution is -0.151. The molecule has 0 saturated heterocycles. The van der Waals surface area contributed by atoms with Gasteiger partial charge in [-0.25, -0.2) is 0 Å². The molecule has 16 heavy (non-hydrogen) atoms. The lowest BCUT2D eigenvalue weighted by Gasteiger charge is -2.28. The van der Waals surface area contributed by atoms with E-state index in [-0.39, 0.29) is 5.97 Å². The van der Waals surface area contributed by atoms with Crippen LogP contribution in [0.2, 0.25) is 0 Å². The van der Waals surface area contributed by atoms with Crippen LogP contribution < -0.4 is 5.32 Å². The number of esters is 1. The number of hydrogen-bond acceptors (Lipinski definition) is 4. The van der Waals surface area contributed by atoms with Gasteiger partial charge in [0.1, 0.15) is 5.54 Å². The zero-order chi connectivity index (χ0) is 12.0. The van der Waals surface area contributed by atoms with Gasteiger partial charge in [-0.15, -0.1) is 0 Å². The molecule has 0 aromatic heterocycles. The van der Waals surface area contributed by atoms with Gasteiger partial charge in [-0.2, -0.15) is 0 Å². The molecular formula is C12H23NO3. The Labute approximate surface area is 97.7 Å². The van der Waals surface area contributed by atoms with Crippen molar-refractivity contribution in [1.29, 1.82) is 0 Å². The number of methoxy groups -OCH3 is 1. The minimum absolute atomic E-state index is 0.141. The first kappa shape index (κ1) is 13.5.